The van der Waals surface area contributed by atoms with Gasteiger partial charge in [0.15, 0.2) is 11.5 Å². The molecule has 17 heavy (non-hydrogen) atoms. The van der Waals surface area contributed by atoms with Crippen LogP contribution in [0, 0.1) is 0 Å². The first kappa shape index (κ1) is 10.3. The van der Waals surface area contributed by atoms with Crippen LogP contribution < -0.4 is 14.8 Å². The molecular formula is C12H13NO4. The van der Waals surface area contributed by atoms with Crippen molar-refractivity contribution in [2.24, 2.45) is 0 Å². The van der Waals surface area contributed by atoms with Gasteiger partial charge in [-0.2, -0.15) is 0 Å². The molecule has 3 rings (SSSR count). The van der Waals surface area contributed by atoms with E-state index in [1.54, 1.807) is 0 Å². The van der Waals surface area contributed by atoms with Crippen LogP contribution in [0.1, 0.15) is 18.0 Å². The van der Waals surface area contributed by atoms with Gasteiger partial charge in [0, 0.05) is 6.42 Å². The molecule has 5 heteroatoms. The molecule has 0 unspecified atom stereocenters. The Morgan fingerprint density at radius 3 is 2.71 bits per heavy atom. The number of benzene rings is 1. The smallest absolute Gasteiger partial charge is 0.407 e. The minimum absolute atomic E-state index is 0.00734. The maximum Gasteiger partial charge on any atom is 0.407 e. The van der Waals surface area contributed by atoms with Gasteiger partial charge in [0.05, 0.1) is 12.6 Å². The number of rotatable bonds is 1. The Bertz CT molecular complexity index is 446. The maximum atomic E-state index is 11.1. The first-order chi connectivity index (χ1) is 8.33. The van der Waals surface area contributed by atoms with Crippen LogP contribution in [0.5, 0.6) is 11.5 Å². The molecule has 1 fully saturated rings. The zero-order valence-electron chi connectivity index (χ0n) is 9.27. The van der Waals surface area contributed by atoms with Crippen LogP contribution in [0.2, 0.25) is 0 Å². The Morgan fingerprint density at radius 1 is 1.06 bits per heavy atom. The predicted molar refractivity (Wildman–Crippen MR) is 59.3 cm³/mol. The van der Waals surface area contributed by atoms with Gasteiger partial charge in [0.25, 0.3) is 0 Å². The molecule has 0 radical (unpaired) electrons. The number of hydrogen-bond acceptors (Lipinski definition) is 4. The topological polar surface area (TPSA) is 56.8 Å². The fraction of sp³-hybridized carbons (Fsp3) is 0.417. The number of carbonyl (C=O) groups excluding carboxylic acids is 1. The Labute approximate surface area is 98.7 Å². The Balaban J connectivity index is 1.85. The van der Waals surface area contributed by atoms with Crippen LogP contribution in [0.4, 0.5) is 4.79 Å². The number of alkyl carbamates (subject to hydrolysis) is 1. The molecule has 90 valence electrons. The summed E-state index contributed by atoms with van der Waals surface area (Å²) in [5.74, 6) is 1.51. The molecule has 2 heterocycles. The summed E-state index contributed by atoms with van der Waals surface area (Å²) in [4.78, 5) is 11.1. The summed E-state index contributed by atoms with van der Waals surface area (Å²) in [5, 5.41) is 2.78. The highest BCUT2D eigenvalue weighted by molar-refractivity contribution is 5.68. The second-order valence-electron chi connectivity index (χ2n) is 4.02. The average molecular weight is 235 g/mol. The number of nitrogens with one attached hydrogen (secondary N) is 1. The fourth-order valence-corrected chi connectivity index (χ4v) is 2.05. The molecule has 2 aliphatic rings. The zero-order chi connectivity index (χ0) is 11.7. The van der Waals surface area contributed by atoms with Crippen molar-refractivity contribution >= 4 is 6.09 Å². The van der Waals surface area contributed by atoms with Crippen molar-refractivity contribution in [3.8, 4) is 11.5 Å². The molecule has 1 atom stereocenters. The van der Waals surface area contributed by atoms with Crippen LogP contribution in [0.25, 0.3) is 0 Å². The minimum Gasteiger partial charge on any atom is -0.486 e. The second kappa shape index (κ2) is 4.16. The van der Waals surface area contributed by atoms with E-state index in [0.717, 1.165) is 23.5 Å². The van der Waals surface area contributed by atoms with Gasteiger partial charge in [-0.1, -0.05) is 6.07 Å². The van der Waals surface area contributed by atoms with Gasteiger partial charge in [0.1, 0.15) is 13.2 Å². The van der Waals surface area contributed by atoms with E-state index >= 15 is 0 Å². The quantitative estimate of drug-likeness (QED) is 0.803. The maximum absolute atomic E-state index is 11.1. The summed E-state index contributed by atoms with van der Waals surface area (Å²) >= 11 is 0. The lowest BCUT2D eigenvalue weighted by atomic mass is 10.0. The van der Waals surface area contributed by atoms with Crippen LogP contribution in [0.3, 0.4) is 0 Å². The highest BCUT2D eigenvalue weighted by Gasteiger charge is 2.22. The predicted octanol–water partition coefficient (Wildman–Crippen LogP) is 1.63. The molecule has 0 saturated carbocycles. The van der Waals surface area contributed by atoms with E-state index in [-0.39, 0.29) is 12.1 Å². The van der Waals surface area contributed by atoms with Crippen molar-refractivity contribution < 1.29 is 19.0 Å². The van der Waals surface area contributed by atoms with Crippen molar-refractivity contribution in [2.75, 3.05) is 19.8 Å². The van der Waals surface area contributed by atoms with Crippen molar-refractivity contribution in [1.29, 1.82) is 0 Å². The number of fused-ring (bicyclic) bond motifs is 1. The lowest BCUT2D eigenvalue weighted by Crippen LogP contribution is -2.35. The molecule has 1 aromatic carbocycles. The van der Waals surface area contributed by atoms with Gasteiger partial charge >= 0.3 is 6.09 Å². The first-order valence-electron chi connectivity index (χ1n) is 5.66. The molecule has 0 aliphatic carbocycles. The van der Waals surface area contributed by atoms with E-state index in [0.29, 0.717) is 19.8 Å². The van der Waals surface area contributed by atoms with Gasteiger partial charge in [-0.25, -0.2) is 4.79 Å². The molecule has 2 aliphatic heterocycles. The summed E-state index contributed by atoms with van der Waals surface area (Å²) in [6.07, 6.45) is 0.405. The molecule has 0 bridgehead atoms. The van der Waals surface area contributed by atoms with E-state index in [9.17, 15) is 4.79 Å². The lowest BCUT2D eigenvalue weighted by molar-refractivity contribution is 0.115. The van der Waals surface area contributed by atoms with Crippen molar-refractivity contribution in [3.05, 3.63) is 23.8 Å². The third kappa shape index (κ3) is 2.00. The fourth-order valence-electron chi connectivity index (χ4n) is 2.05. The van der Waals surface area contributed by atoms with Crippen LogP contribution in [0.15, 0.2) is 18.2 Å². The number of amides is 1. The van der Waals surface area contributed by atoms with E-state index < -0.39 is 0 Å². The van der Waals surface area contributed by atoms with Gasteiger partial charge in [-0.15, -0.1) is 0 Å². The molecule has 0 spiro atoms. The largest absolute Gasteiger partial charge is 0.486 e. The van der Waals surface area contributed by atoms with Crippen LogP contribution in [-0.4, -0.2) is 25.9 Å². The first-order valence-corrected chi connectivity index (χ1v) is 5.66. The summed E-state index contributed by atoms with van der Waals surface area (Å²) in [7, 11) is 0. The normalized spacial score (nSPS) is 22.6. The Morgan fingerprint density at radius 2 is 1.88 bits per heavy atom. The molecular weight excluding hydrogens is 222 g/mol. The van der Waals surface area contributed by atoms with E-state index in [2.05, 4.69) is 5.32 Å². The molecule has 1 aromatic rings. The summed E-state index contributed by atoms with van der Waals surface area (Å²) < 4.78 is 15.8. The van der Waals surface area contributed by atoms with E-state index in [1.807, 2.05) is 18.2 Å². The Kier molecular flexibility index (Phi) is 2.51. The van der Waals surface area contributed by atoms with Crippen molar-refractivity contribution in [3.63, 3.8) is 0 Å². The summed E-state index contributed by atoms with van der Waals surface area (Å²) in [5.41, 5.74) is 1.02. The van der Waals surface area contributed by atoms with Gasteiger partial charge in [0.2, 0.25) is 0 Å². The summed E-state index contributed by atoms with van der Waals surface area (Å²) in [6, 6.07) is 5.74. The van der Waals surface area contributed by atoms with Crippen LogP contribution in [-0.2, 0) is 4.74 Å². The minimum atomic E-state index is -0.365. The van der Waals surface area contributed by atoms with E-state index in [1.165, 1.54) is 0 Å². The third-order valence-electron chi connectivity index (χ3n) is 2.90. The summed E-state index contributed by atoms with van der Waals surface area (Å²) in [6.45, 7) is 1.60. The highest BCUT2D eigenvalue weighted by atomic mass is 16.6. The van der Waals surface area contributed by atoms with Gasteiger partial charge in [-0.05, 0) is 17.7 Å². The molecule has 1 amide bonds. The monoisotopic (exact) mass is 235 g/mol. The number of ether oxygens (including phenoxy) is 3. The van der Waals surface area contributed by atoms with E-state index in [4.69, 9.17) is 14.2 Å². The molecule has 1 saturated heterocycles. The molecule has 5 nitrogen and oxygen atoms in total. The van der Waals surface area contributed by atoms with Crippen molar-refractivity contribution in [1.82, 2.24) is 5.32 Å². The van der Waals surface area contributed by atoms with Gasteiger partial charge in [-0.3, -0.25) is 0 Å². The molecule has 1 N–H and O–H groups in total. The third-order valence-corrected chi connectivity index (χ3v) is 2.90. The number of hydrogen-bond donors (Lipinski definition) is 1. The highest BCUT2D eigenvalue weighted by Crippen LogP contribution is 2.33. The standard InChI is InChI=1S/C12H13NO4/c14-12-13-9(3-4-17-12)8-1-2-10-11(7-8)16-6-5-15-10/h1-2,7,9H,3-6H2,(H,13,14)/t9-/m0/s1. The van der Waals surface area contributed by atoms with Crippen LogP contribution >= 0.6 is 0 Å². The second-order valence-corrected chi connectivity index (χ2v) is 4.02. The molecule has 0 aromatic heterocycles. The SMILES string of the molecule is O=C1N[C@H](c2ccc3c(c2)OCCO3)CCO1. The average Bonchev–Trinajstić information content (AvgIpc) is 2.38. The van der Waals surface area contributed by atoms with Gasteiger partial charge < -0.3 is 19.5 Å². The zero-order valence-corrected chi connectivity index (χ0v) is 9.27. The number of carbonyl (C=O) groups is 1. The Hall–Kier alpha value is -1.91. The van der Waals surface area contributed by atoms with Crippen molar-refractivity contribution in [2.45, 2.75) is 12.5 Å². The lowest BCUT2D eigenvalue weighted by Gasteiger charge is -2.25. The number of cyclic esters (lactones) is 1.